The lowest BCUT2D eigenvalue weighted by atomic mass is 9.77. The second-order valence-electron chi connectivity index (χ2n) is 8.74. The smallest absolute Gasteiger partial charge is 0.241 e. The Labute approximate surface area is 189 Å². The molecule has 6 heteroatoms. The fourth-order valence-electron chi connectivity index (χ4n) is 5.48. The molecule has 2 saturated heterocycles. The second kappa shape index (κ2) is 6.80. The van der Waals surface area contributed by atoms with Crippen LogP contribution in [-0.4, -0.2) is 29.0 Å². The largest absolute Gasteiger partial charge is 0.349 e. The number of aryl methyl sites for hydroxylation is 1. The number of nitrogens with zero attached hydrogens (tertiary/aromatic N) is 1. The molecule has 2 amide bonds. The van der Waals surface area contributed by atoms with Gasteiger partial charge in [-0.1, -0.05) is 66.7 Å². The van der Waals surface area contributed by atoms with E-state index in [1.165, 1.54) is 0 Å². The van der Waals surface area contributed by atoms with Crippen molar-refractivity contribution in [2.45, 2.75) is 18.6 Å². The summed E-state index contributed by atoms with van der Waals surface area (Å²) in [6.45, 7) is 1.87. The normalized spacial score (nSPS) is 25.1. The maximum atomic E-state index is 13.8. The molecule has 6 nitrogen and oxygen atoms in total. The first-order valence-electron chi connectivity index (χ1n) is 10.8. The van der Waals surface area contributed by atoms with Crippen molar-refractivity contribution in [3.05, 3.63) is 101 Å². The minimum absolute atomic E-state index is 0.226. The molecular weight excluding hydrogens is 418 g/mol. The van der Waals surface area contributed by atoms with Crippen LogP contribution in [0, 0.1) is 18.8 Å². The van der Waals surface area contributed by atoms with Gasteiger partial charge in [0, 0.05) is 11.1 Å². The van der Waals surface area contributed by atoms with Crippen molar-refractivity contribution in [2.24, 2.45) is 11.8 Å². The zero-order chi connectivity index (χ0) is 22.9. The molecule has 3 aromatic rings. The lowest BCUT2D eigenvalue weighted by Gasteiger charge is -2.27. The van der Waals surface area contributed by atoms with E-state index < -0.39 is 46.9 Å². The molecule has 3 aliphatic rings. The summed E-state index contributed by atoms with van der Waals surface area (Å²) in [5.41, 5.74) is 0.370. The summed E-state index contributed by atoms with van der Waals surface area (Å²) in [6, 6.07) is 22.5. The summed E-state index contributed by atoms with van der Waals surface area (Å²) in [5.74, 6) is -4.36. The number of hydrogen-bond donors (Lipinski definition) is 0. The third kappa shape index (κ3) is 2.47. The van der Waals surface area contributed by atoms with Gasteiger partial charge in [0.25, 0.3) is 0 Å². The van der Waals surface area contributed by atoms with Crippen LogP contribution < -0.4 is 4.90 Å². The highest BCUT2D eigenvalue weighted by Crippen LogP contribution is 2.57. The summed E-state index contributed by atoms with van der Waals surface area (Å²) < 4.78 is 6.25. The Hall–Kier alpha value is -3.90. The van der Waals surface area contributed by atoms with Crippen molar-refractivity contribution in [3.8, 4) is 0 Å². The van der Waals surface area contributed by atoms with E-state index in [0.717, 1.165) is 10.5 Å². The number of amides is 2. The van der Waals surface area contributed by atoms with Crippen LogP contribution in [0.15, 0.2) is 78.9 Å². The summed E-state index contributed by atoms with van der Waals surface area (Å²) in [7, 11) is 0. The molecule has 2 aliphatic heterocycles. The van der Waals surface area contributed by atoms with Gasteiger partial charge in [0.05, 0.1) is 23.6 Å². The van der Waals surface area contributed by atoms with E-state index >= 15 is 0 Å². The lowest BCUT2D eigenvalue weighted by molar-refractivity contribution is -0.127. The first-order valence-corrected chi connectivity index (χ1v) is 10.8. The first kappa shape index (κ1) is 19.8. The van der Waals surface area contributed by atoms with Gasteiger partial charge >= 0.3 is 0 Å². The molecule has 1 aliphatic carbocycles. The van der Waals surface area contributed by atoms with Crippen LogP contribution in [0.5, 0.6) is 0 Å². The van der Waals surface area contributed by atoms with E-state index in [-0.39, 0.29) is 11.1 Å². The van der Waals surface area contributed by atoms with Crippen molar-refractivity contribution in [1.82, 2.24) is 0 Å². The highest BCUT2D eigenvalue weighted by atomic mass is 16.5. The van der Waals surface area contributed by atoms with Gasteiger partial charge in [-0.05, 0) is 30.2 Å². The van der Waals surface area contributed by atoms with Gasteiger partial charge < -0.3 is 4.74 Å². The van der Waals surface area contributed by atoms with Crippen LogP contribution in [0.25, 0.3) is 0 Å². The molecule has 1 spiro atoms. The van der Waals surface area contributed by atoms with Crippen molar-refractivity contribution in [2.75, 3.05) is 4.90 Å². The maximum Gasteiger partial charge on any atom is 0.241 e. The minimum atomic E-state index is -2.04. The zero-order valence-electron chi connectivity index (χ0n) is 17.7. The fourth-order valence-corrected chi connectivity index (χ4v) is 5.48. The average molecular weight is 437 g/mol. The van der Waals surface area contributed by atoms with Crippen molar-refractivity contribution < 1.29 is 23.9 Å². The molecular formula is C27H19NO5. The summed E-state index contributed by atoms with van der Waals surface area (Å²) in [6.07, 6.45) is -0.898. The zero-order valence-corrected chi connectivity index (χ0v) is 17.7. The Morgan fingerprint density at radius 2 is 1.39 bits per heavy atom. The van der Waals surface area contributed by atoms with Crippen molar-refractivity contribution in [3.63, 3.8) is 0 Å². The molecule has 3 atom stereocenters. The number of rotatable bonds is 2. The van der Waals surface area contributed by atoms with E-state index in [0.29, 0.717) is 11.3 Å². The van der Waals surface area contributed by atoms with Gasteiger partial charge in [-0.25, -0.2) is 4.90 Å². The van der Waals surface area contributed by atoms with Crippen LogP contribution >= 0.6 is 0 Å². The standard InChI is InChI=1S/C27H19NO5/c1-15-8-7-11-17(14-15)28-25(31)20-21(26(28)32)27(33-22(20)16-9-3-2-4-10-16)23(29)18-12-5-6-13-19(18)24(27)30/h2-14,20-22H,1H3/t20-,21+,22-/m1/s1. The predicted molar refractivity (Wildman–Crippen MR) is 119 cm³/mol. The quantitative estimate of drug-likeness (QED) is 0.451. The molecule has 0 saturated carbocycles. The molecule has 0 unspecified atom stereocenters. The number of Topliss-reactive ketones (excluding diaryl/α,β-unsaturated/α-hetero) is 2. The highest BCUT2D eigenvalue weighted by Gasteiger charge is 2.74. The van der Waals surface area contributed by atoms with Crippen LogP contribution in [0.1, 0.15) is 37.9 Å². The molecule has 0 radical (unpaired) electrons. The Kier molecular flexibility index (Phi) is 4.07. The van der Waals surface area contributed by atoms with Gasteiger partial charge in [0.15, 0.2) is 0 Å². The van der Waals surface area contributed by atoms with Crippen LogP contribution in [0.4, 0.5) is 5.69 Å². The number of hydrogen-bond acceptors (Lipinski definition) is 5. The highest BCUT2D eigenvalue weighted by molar-refractivity contribution is 6.37. The van der Waals surface area contributed by atoms with Gasteiger partial charge in [-0.3, -0.25) is 19.2 Å². The SMILES string of the molecule is Cc1cccc(N2C(=O)[C@H]3[C@@H](c4ccccc4)OC4(C(=O)c5ccccc5C4=O)[C@@H]3C2=O)c1. The van der Waals surface area contributed by atoms with E-state index in [1.807, 2.05) is 19.1 Å². The Morgan fingerprint density at radius 1 is 0.758 bits per heavy atom. The predicted octanol–water partition coefficient (Wildman–Crippen LogP) is 3.69. The number of carbonyl (C=O) groups is 4. The number of anilines is 1. The molecule has 2 heterocycles. The minimum Gasteiger partial charge on any atom is -0.349 e. The number of imide groups is 1. The molecule has 3 aromatic carbocycles. The van der Waals surface area contributed by atoms with E-state index in [9.17, 15) is 19.2 Å². The van der Waals surface area contributed by atoms with Crippen LogP contribution in [0.2, 0.25) is 0 Å². The monoisotopic (exact) mass is 437 g/mol. The molecule has 2 fully saturated rings. The molecule has 0 N–H and O–H groups in total. The third-order valence-electron chi connectivity index (χ3n) is 6.91. The summed E-state index contributed by atoms with van der Waals surface area (Å²) >= 11 is 0. The number of ether oxygens (including phenoxy) is 1. The third-order valence-corrected chi connectivity index (χ3v) is 6.91. The average Bonchev–Trinajstić information content (AvgIpc) is 3.40. The van der Waals surface area contributed by atoms with Crippen LogP contribution in [-0.2, 0) is 14.3 Å². The van der Waals surface area contributed by atoms with Gasteiger partial charge in [0.1, 0.15) is 0 Å². The second-order valence-corrected chi connectivity index (χ2v) is 8.74. The molecule has 0 aromatic heterocycles. The maximum absolute atomic E-state index is 13.8. The number of carbonyl (C=O) groups excluding carboxylic acids is 4. The molecule has 0 bridgehead atoms. The number of fused-ring (bicyclic) bond motifs is 3. The topological polar surface area (TPSA) is 80.8 Å². The first-order chi connectivity index (χ1) is 15.9. The molecule has 33 heavy (non-hydrogen) atoms. The Balaban J connectivity index is 1.56. The summed E-state index contributed by atoms with van der Waals surface area (Å²) in [5, 5.41) is 0. The summed E-state index contributed by atoms with van der Waals surface area (Å²) in [4.78, 5) is 56.0. The van der Waals surface area contributed by atoms with Gasteiger partial charge in [-0.15, -0.1) is 0 Å². The van der Waals surface area contributed by atoms with Crippen molar-refractivity contribution >= 4 is 29.1 Å². The van der Waals surface area contributed by atoms with E-state index in [2.05, 4.69) is 0 Å². The van der Waals surface area contributed by atoms with E-state index in [4.69, 9.17) is 4.74 Å². The van der Waals surface area contributed by atoms with Crippen molar-refractivity contribution in [1.29, 1.82) is 0 Å². The fraction of sp³-hybridized carbons (Fsp3) is 0.185. The van der Waals surface area contributed by atoms with E-state index in [1.54, 1.807) is 66.7 Å². The molecule has 6 rings (SSSR count). The number of ketones is 2. The lowest BCUT2D eigenvalue weighted by Crippen LogP contribution is -2.51. The van der Waals surface area contributed by atoms with Gasteiger partial charge in [-0.2, -0.15) is 0 Å². The Morgan fingerprint density at radius 3 is 2.03 bits per heavy atom. The Bertz CT molecular complexity index is 1330. The van der Waals surface area contributed by atoms with Gasteiger partial charge in [0.2, 0.25) is 29.0 Å². The molecule has 162 valence electrons. The van der Waals surface area contributed by atoms with Crippen LogP contribution in [0.3, 0.4) is 0 Å². The number of benzene rings is 3.